The van der Waals surface area contributed by atoms with Crippen molar-refractivity contribution in [3.8, 4) is 0 Å². The van der Waals surface area contributed by atoms with Gasteiger partial charge in [-0.05, 0) is 44.0 Å². The number of amides is 1. The Kier molecular flexibility index (Phi) is 4.25. The fourth-order valence-electron chi connectivity index (χ4n) is 2.12. The SMILES string of the molecule is O=C(NCCC1CCNC1)c1ccc(F)cc1F. The zero-order valence-corrected chi connectivity index (χ0v) is 10.0. The Balaban J connectivity index is 1.83. The highest BCUT2D eigenvalue weighted by Crippen LogP contribution is 2.12. The highest BCUT2D eigenvalue weighted by atomic mass is 19.1. The van der Waals surface area contributed by atoms with Gasteiger partial charge in [0.2, 0.25) is 0 Å². The van der Waals surface area contributed by atoms with Gasteiger partial charge in [-0.2, -0.15) is 0 Å². The Morgan fingerprint density at radius 3 is 2.94 bits per heavy atom. The third kappa shape index (κ3) is 3.26. The second-order valence-electron chi connectivity index (χ2n) is 4.53. The number of nitrogens with one attached hydrogen (secondary N) is 2. The van der Waals surface area contributed by atoms with Crippen LogP contribution in [-0.2, 0) is 0 Å². The maximum atomic E-state index is 13.3. The molecule has 2 N–H and O–H groups in total. The summed E-state index contributed by atoms with van der Waals surface area (Å²) in [6, 6.07) is 2.96. The third-order valence-corrected chi connectivity index (χ3v) is 3.18. The maximum absolute atomic E-state index is 13.3. The zero-order chi connectivity index (χ0) is 13.0. The molecule has 0 bridgehead atoms. The van der Waals surface area contributed by atoms with Crippen LogP contribution in [0.5, 0.6) is 0 Å². The van der Waals surface area contributed by atoms with Crippen LogP contribution in [0, 0.1) is 17.6 Å². The van der Waals surface area contributed by atoms with Crippen molar-refractivity contribution in [2.24, 2.45) is 5.92 Å². The van der Waals surface area contributed by atoms with Crippen molar-refractivity contribution in [1.29, 1.82) is 0 Å². The molecule has 1 atom stereocenters. The molecule has 3 nitrogen and oxygen atoms in total. The van der Waals surface area contributed by atoms with Crippen molar-refractivity contribution in [3.05, 3.63) is 35.4 Å². The Bertz CT molecular complexity index is 431. The summed E-state index contributed by atoms with van der Waals surface area (Å²) >= 11 is 0. The first-order valence-electron chi connectivity index (χ1n) is 6.11. The molecule has 1 aromatic carbocycles. The quantitative estimate of drug-likeness (QED) is 0.858. The standard InChI is InChI=1S/C13H16F2N2O/c14-10-1-2-11(12(15)7-10)13(18)17-6-4-9-3-5-16-8-9/h1-2,7,9,16H,3-6,8H2,(H,17,18). The summed E-state index contributed by atoms with van der Waals surface area (Å²) in [5.74, 6) is -1.42. The van der Waals surface area contributed by atoms with E-state index in [1.54, 1.807) is 0 Å². The lowest BCUT2D eigenvalue weighted by Gasteiger charge is -2.09. The maximum Gasteiger partial charge on any atom is 0.254 e. The van der Waals surface area contributed by atoms with Crippen molar-refractivity contribution in [1.82, 2.24) is 10.6 Å². The Morgan fingerprint density at radius 2 is 2.28 bits per heavy atom. The van der Waals surface area contributed by atoms with Gasteiger partial charge in [0.05, 0.1) is 5.56 Å². The summed E-state index contributed by atoms with van der Waals surface area (Å²) in [4.78, 5) is 11.7. The van der Waals surface area contributed by atoms with E-state index in [1.807, 2.05) is 0 Å². The summed E-state index contributed by atoms with van der Waals surface area (Å²) in [6.45, 7) is 2.51. The minimum Gasteiger partial charge on any atom is -0.352 e. The molecule has 5 heteroatoms. The topological polar surface area (TPSA) is 41.1 Å². The van der Waals surface area contributed by atoms with E-state index in [0.717, 1.165) is 44.1 Å². The number of hydrogen-bond donors (Lipinski definition) is 2. The first kappa shape index (κ1) is 13.0. The normalized spacial score (nSPS) is 18.9. The van der Waals surface area contributed by atoms with E-state index in [9.17, 15) is 13.6 Å². The molecule has 1 unspecified atom stereocenters. The van der Waals surface area contributed by atoms with E-state index in [1.165, 1.54) is 0 Å². The minimum absolute atomic E-state index is 0.110. The van der Waals surface area contributed by atoms with Gasteiger partial charge in [0.25, 0.3) is 5.91 Å². The Hall–Kier alpha value is -1.49. The largest absolute Gasteiger partial charge is 0.352 e. The van der Waals surface area contributed by atoms with Crippen LogP contribution in [0.2, 0.25) is 0 Å². The number of benzene rings is 1. The van der Waals surface area contributed by atoms with Crippen LogP contribution in [0.1, 0.15) is 23.2 Å². The van der Waals surface area contributed by atoms with Gasteiger partial charge in [-0.25, -0.2) is 8.78 Å². The van der Waals surface area contributed by atoms with Crippen molar-refractivity contribution in [2.75, 3.05) is 19.6 Å². The van der Waals surface area contributed by atoms with Gasteiger partial charge in [0.15, 0.2) is 0 Å². The van der Waals surface area contributed by atoms with Crippen LogP contribution in [0.15, 0.2) is 18.2 Å². The van der Waals surface area contributed by atoms with E-state index in [0.29, 0.717) is 12.5 Å². The molecule has 98 valence electrons. The van der Waals surface area contributed by atoms with Crippen molar-refractivity contribution >= 4 is 5.91 Å². The average molecular weight is 254 g/mol. The number of carbonyl (C=O) groups excluding carboxylic acids is 1. The molecule has 0 aromatic heterocycles. The average Bonchev–Trinajstić information content (AvgIpc) is 2.81. The molecule has 1 aliphatic heterocycles. The molecule has 1 aromatic rings. The van der Waals surface area contributed by atoms with Gasteiger partial charge >= 0.3 is 0 Å². The van der Waals surface area contributed by atoms with Gasteiger partial charge < -0.3 is 10.6 Å². The van der Waals surface area contributed by atoms with Crippen LogP contribution >= 0.6 is 0 Å². The van der Waals surface area contributed by atoms with E-state index in [2.05, 4.69) is 10.6 Å². The van der Waals surface area contributed by atoms with Gasteiger partial charge in [-0.15, -0.1) is 0 Å². The lowest BCUT2D eigenvalue weighted by Crippen LogP contribution is -2.27. The van der Waals surface area contributed by atoms with Gasteiger partial charge in [0.1, 0.15) is 11.6 Å². The number of rotatable bonds is 4. The van der Waals surface area contributed by atoms with Gasteiger partial charge in [0, 0.05) is 12.6 Å². The van der Waals surface area contributed by atoms with E-state index >= 15 is 0 Å². The molecule has 0 saturated carbocycles. The van der Waals surface area contributed by atoms with Crippen LogP contribution in [0.4, 0.5) is 8.78 Å². The fraction of sp³-hybridized carbons (Fsp3) is 0.462. The molecular weight excluding hydrogens is 238 g/mol. The summed E-state index contributed by atoms with van der Waals surface area (Å²) in [6.07, 6.45) is 1.99. The predicted octanol–water partition coefficient (Wildman–Crippen LogP) is 1.69. The molecule has 0 aliphatic carbocycles. The Morgan fingerprint density at radius 1 is 1.44 bits per heavy atom. The monoisotopic (exact) mass is 254 g/mol. The second kappa shape index (κ2) is 5.91. The smallest absolute Gasteiger partial charge is 0.254 e. The van der Waals surface area contributed by atoms with E-state index in [-0.39, 0.29) is 5.56 Å². The summed E-state index contributed by atoms with van der Waals surface area (Å²) in [5, 5.41) is 5.90. The number of halogens is 2. The van der Waals surface area contributed by atoms with Crippen molar-refractivity contribution in [2.45, 2.75) is 12.8 Å². The highest BCUT2D eigenvalue weighted by molar-refractivity contribution is 5.94. The Labute approximate surface area is 105 Å². The summed E-state index contributed by atoms with van der Waals surface area (Å²) in [5.41, 5.74) is -0.110. The van der Waals surface area contributed by atoms with Crippen LogP contribution in [-0.4, -0.2) is 25.5 Å². The van der Waals surface area contributed by atoms with Crippen LogP contribution < -0.4 is 10.6 Å². The summed E-state index contributed by atoms with van der Waals surface area (Å²) in [7, 11) is 0. The first-order chi connectivity index (χ1) is 8.66. The molecule has 1 heterocycles. The lowest BCUT2D eigenvalue weighted by molar-refractivity contribution is 0.0947. The lowest BCUT2D eigenvalue weighted by atomic mass is 10.1. The molecule has 2 rings (SSSR count). The van der Waals surface area contributed by atoms with Crippen LogP contribution in [0.3, 0.4) is 0 Å². The van der Waals surface area contributed by atoms with Gasteiger partial charge in [-0.3, -0.25) is 4.79 Å². The first-order valence-corrected chi connectivity index (χ1v) is 6.11. The molecule has 1 saturated heterocycles. The molecule has 0 radical (unpaired) electrons. The highest BCUT2D eigenvalue weighted by Gasteiger charge is 2.15. The molecule has 0 spiro atoms. The van der Waals surface area contributed by atoms with Crippen molar-refractivity contribution in [3.63, 3.8) is 0 Å². The van der Waals surface area contributed by atoms with Gasteiger partial charge in [-0.1, -0.05) is 0 Å². The van der Waals surface area contributed by atoms with E-state index in [4.69, 9.17) is 0 Å². The molecule has 18 heavy (non-hydrogen) atoms. The van der Waals surface area contributed by atoms with Crippen molar-refractivity contribution < 1.29 is 13.6 Å². The molecule has 1 fully saturated rings. The number of carbonyl (C=O) groups is 1. The predicted molar refractivity (Wildman–Crippen MR) is 64.3 cm³/mol. The third-order valence-electron chi connectivity index (χ3n) is 3.18. The second-order valence-corrected chi connectivity index (χ2v) is 4.53. The minimum atomic E-state index is -0.824. The molecular formula is C13H16F2N2O. The fourth-order valence-corrected chi connectivity index (χ4v) is 2.12. The molecule has 1 amide bonds. The summed E-state index contributed by atoms with van der Waals surface area (Å²) < 4.78 is 26.0. The van der Waals surface area contributed by atoms with E-state index < -0.39 is 17.5 Å². The number of hydrogen-bond acceptors (Lipinski definition) is 2. The molecule has 1 aliphatic rings. The van der Waals surface area contributed by atoms with Crippen LogP contribution in [0.25, 0.3) is 0 Å². The zero-order valence-electron chi connectivity index (χ0n) is 10.0.